The van der Waals surface area contributed by atoms with Crippen molar-refractivity contribution < 1.29 is 24.5 Å². The summed E-state index contributed by atoms with van der Waals surface area (Å²) in [4.78, 5) is 11.3. The average Bonchev–Trinajstić information content (AvgIpc) is 3.27. The molecule has 2 heterocycles. The highest BCUT2D eigenvalue weighted by molar-refractivity contribution is 7.73. The van der Waals surface area contributed by atoms with Crippen LogP contribution in [0.25, 0.3) is 6.08 Å². The molecule has 0 spiro atoms. The zero-order valence-electron chi connectivity index (χ0n) is 15.8. The summed E-state index contributed by atoms with van der Waals surface area (Å²) in [5, 5.41) is 27.5. The Morgan fingerprint density at radius 2 is 2.07 bits per heavy atom. The van der Waals surface area contributed by atoms with Crippen LogP contribution in [0.4, 0.5) is 0 Å². The molecule has 3 rings (SSSR count). The third kappa shape index (κ3) is 4.54. The number of aromatic hydroxyl groups is 1. The molecule has 1 aliphatic heterocycles. The molecule has 0 radical (unpaired) electrons. The summed E-state index contributed by atoms with van der Waals surface area (Å²) in [7, 11) is 3.12. The fraction of sp³-hybridized carbons (Fsp3) is 0.263. The maximum absolute atomic E-state index is 10.7. The number of ether oxygens (including phenoxy) is 2. The van der Waals surface area contributed by atoms with E-state index >= 15 is 0 Å². The van der Waals surface area contributed by atoms with E-state index in [1.165, 1.54) is 15.9 Å². The van der Waals surface area contributed by atoms with Gasteiger partial charge in [0.15, 0.2) is 15.5 Å². The second-order valence-corrected chi connectivity index (χ2v) is 7.74. The summed E-state index contributed by atoms with van der Waals surface area (Å²) < 4.78 is 12.6. The Hall–Kier alpha value is -2.98. The largest absolute Gasteiger partial charge is 0.493 e. The number of nitrogens with zero attached hydrogens (tertiary/aromatic N) is 3. The van der Waals surface area contributed by atoms with Crippen molar-refractivity contribution in [3.8, 4) is 17.4 Å². The minimum absolute atomic E-state index is 0.00449. The van der Waals surface area contributed by atoms with Crippen molar-refractivity contribution in [1.29, 1.82) is 0 Å². The molecule has 0 bridgehead atoms. The predicted octanol–water partition coefficient (Wildman–Crippen LogP) is 3.74. The monoisotopic (exact) mass is 433 g/mol. The number of thiazole rings is 1. The molecule has 0 saturated heterocycles. The maximum atomic E-state index is 10.7. The lowest BCUT2D eigenvalue weighted by molar-refractivity contribution is -0.137. The van der Waals surface area contributed by atoms with Crippen molar-refractivity contribution >= 4 is 47.5 Å². The van der Waals surface area contributed by atoms with Crippen LogP contribution in [0.2, 0.25) is 0 Å². The van der Waals surface area contributed by atoms with Crippen molar-refractivity contribution in [2.45, 2.75) is 19.4 Å². The number of hydrogen-bond acceptors (Lipinski definition) is 8. The maximum Gasteiger partial charge on any atom is 0.303 e. The van der Waals surface area contributed by atoms with Gasteiger partial charge < -0.3 is 19.7 Å². The van der Waals surface area contributed by atoms with E-state index in [9.17, 15) is 9.90 Å². The molecule has 10 heteroatoms. The molecule has 0 amide bonds. The van der Waals surface area contributed by atoms with Crippen molar-refractivity contribution in [3.63, 3.8) is 0 Å². The molecule has 152 valence electrons. The van der Waals surface area contributed by atoms with Crippen LogP contribution >= 0.6 is 23.6 Å². The summed E-state index contributed by atoms with van der Waals surface area (Å²) in [5.74, 6) is 0.300. The van der Waals surface area contributed by atoms with E-state index in [-0.39, 0.29) is 12.3 Å². The molecule has 0 saturated carbocycles. The molecule has 2 N–H and O–H groups in total. The zero-order valence-corrected chi connectivity index (χ0v) is 17.4. The van der Waals surface area contributed by atoms with E-state index in [2.05, 4.69) is 10.2 Å². The first-order valence-electron chi connectivity index (χ1n) is 8.64. The van der Waals surface area contributed by atoms with E-state index in [4.69, 9.17) is 26.8 Å². The molecular weight excluding hydrogens is 414 g/mol. The van der Waals surface area contributed by atoms with Crippen LogP contribution < -0.4 is 9.47 Å². The molecule has 1 aromatic carbocycles. The van der Waals surface area contributed by atoms with Gasteiger partial charge in [-0.3, -0.25) is 9.36 Å². The van der Waals surface area contributed by atoms with Gasteiger partial charge >= 0.3 is 5.97 Å². The number of aliphatic carboxylic acids is 1. The fourth-order valence-corrected chi connectivity index (χ4v) is 4.13. The van der Waals surface area contributed by atoms with Crippen LogP contribution in [0, 0.1) is 3.95 Å². The molecule has 1 aliphatic rings. The van der Waals surface area contributed by atoms with Gasteiger partial charge in [-0.25, -0.2) is 0 Å². The third-order valence-electron chi connectivity index (χ3n) is 4.24. The quantitative estimate of drug-likeness (QED) is 0.615. The Labute approximate surface area is 176 Å². The first kappa shape index (κ1) is 20.7. The van der Waals surface area contributed by atoms with Gasteiger partial charge in [0.05, 0.1) is 25.3 Å². The van der Waals surface area contributed by atoms with Gasteiger partial charge in [0.1, 0.15) is 5.71 Å². The van der Waals surface area contributed by atoms with Crippen LogP contribution in [-0.4, -0.2) is 46.9 Å². The normalized spacial score (nSPS) is 14.3. The lowest BCUT2D eigenvalue weighted by Gasteiger charge is -2.09. The standard InChI is InChI=1S/C19H19N3O5S2/c1-26-13-6-5-11(8-14(13)27-2)17-12(10-20-21-17)9-15-18(25)22(19(28)29-15)7-3-4-16(23)24/h5-6,8-10,25H,3-4,7H2,1-2H3,(H,23,24). The first-order valence-corrected chi connectivity index (χ1v) is 9.87. The predicted molar refractivity (Wildman–Crippen MR) is 114 cm³/mol. The smallest absolute Gasteiger partial charge is 0.303 e. The van der Waals surface area contributed by atoms with Gasteiger partial charge in [0.25, 0.3) is 0 Å². The van der Waals surface area contributed by atoms with Gasteiger partial charge in [-0.05, 0) is 42.9 Å². The van der Waals surface area contributed by atoms with Crippen molar-refractivity contribution in [2.24, 2.45) is 10.2 Å². The second-order valence-electron chi connectivity index (χ2n) is 6.07. The summed E-state index contributed by atoms with van der Waals surface area (Å²) in [6.45, 7) is 0.335. The van der Waals surface area contributed by atoms with Crippen LogP contribution in [0.15, 0.2) is 34.0 Å². The number of aromatic nitrogens is 1. The minimum Gasteiger partial charge on any atom is -0.493 e. The molecule has 29 heavy (non-hydrogen) atoms. The van der Waals surface area contributed by atoms with Crippen LogP contribution in [0.1, 0.15) is 23.3 Å². The Balaban J connectivity index is 1.89. The minimum atomic E-state index is -0.883. The van der Waals surface area contributed by atoms with Crippen molar-refractivity contribution in [2.75, 3.05) is 14.2 Å². The highest BCUT2D eigenvalue weighted by atomic mass is 32.1. The Morgan fingerprint density at radius 1 is 1.31 bits per heavy atom. The molecule has 0 unspecified atom stereocenters. The van der Waals surface area contributed by atoms with Crippen LogP contribution in [0.5, 0.6) is 17.4 Å². The number of rotatable bonds is 8. The number of carboxylic acid groups (broad SMARTS) is 1. The van der Waals surface area contributed by atoms with E-state index in [1.54, 1.807) is 38.6 Å². The van der Waals surface area contributed by atoms with Crippen LogP contribution in [-0.2, 0) is 11.3 Å². The SMILES string of the molecule is COc1ccc(C2=NN=CC2=Cc2sc(=S)n(CCCC(=O)O)c2O)cc1OC. The van der Waals surface area contributed by atoms with Gasteiger partial charge in [-0.2, -0.15) is 5.10 Å². The summed E-state index contributed by atoms with van der Waals surface area (Å²) in [6, 6.07) is 5.44. The van der Waals surface area contributed by atoms with Gasteiger partial charge in [0, 0.05) is 24.1 Å². The molecule has 2 aromatic rings. The van der Waals surface area contributed by atoms with E-state index in [0.717, 1.165) is 5.56 Å². The average molecular weight is 434 g/mol. The third-order valence-corrected chi connectivity index (χ3v) is 5.62. The number of hydrogen-bond donors (Lipinski definition) is 2. The van der Waals surface area contributed by atoms with Gasteiger partial charge in [-0.1, -0.05) is 0 Å². The molecule has 1 aromatic heterocycles. The fourth-order valence-electron chi connectivity index (χ4n) is 2.82. The topological polar surface area (TPSA) is 106 Å². The van der Waals surface area contributed by atoms with Crippen LogP contribution in [0.3, 0.4) is 0 Å². The zero-order chi connectivity index (χ0) is 21.0. The lowest BCUT2D eigenvalue weighted by Crippen LogP contribution is -2.03. The number of carbonyl (C=O) groups is 1. The molecule has 0 fully saturated rings. The molecule has 0 aliphatic carbocycles. The first-order chi connectivity index (χ1) is 13.9. The Bertz CT molecular complexity index is 1080. The van der Waals surface area contributed by atoms with Gasteiger partial charge in [0.2, 0.25) is 5.88 Å². The Morgan fingerprint density at radius 3 is 2.76 bits per heavy atom. The second kappa shape index (κ2) is 9.01. The Kier molecular flexibility index (Phi) is 6.45. The number of carboxylic acids is 1. The number of allylic oxidation sites excluding steroid dienone is 1. The molecule has 0 atom stereocenters. The highest BCUT2D eigenvalue weighted by Gasteiger charge is 2.18. The highest BCUT2D eigenvalue weighted by Crippen LogP contribution is 2.32. The summed E-state index contributed by atoms with van der Waals surface area (Å²) in [5.41, 5.74) is 2.12. The lowest BCUT2D eigenvalue weighted by atomic mass is 10.0. The van der Waals surface area contributed by atoms with E-state index in [1.807, 2.05) is 6.07 Å². The van der Waals surface area contributed by atoms with E-state index < -0.39 is 5.97 Å². The number of benzene rings is 1. The number of methoxy groups -OCH3 is 2. The van der Waals surface area contributed by atoms with E-state index in [0.29, 0.717) is 44.6 Å². The summed E-state index contributed by atoms with van der Waals surface area (Å²) >= 11 is 6.55. The molecule has 8 nitrogen and oxygen atoms in total. The summed E-state index contributed by atoms with van der Waals surface area (Å²) in [6.07, 6.45) is 3.75. The van der Waals surface area contributed by atoms with Crippen molar-refractivity contribution in [1.82, 2.24) is 4.57 Å². The molecular formula is C19H19N3O5S2. The van der Waals surface area contributed by atoms with Gasteiger partial charge in [-0.15, -0.1) is 16.4 Å². The van der Waals surface area contributed by atoms with Crippen molar-refractivity contribution in [3.05, 3.63) is 38.2 Å².